The van der Waals surface area contributed by atoms with E-state index in [1.165, 1.54) is 0 Å². The van der Waals surface area contributed by atoms with Crippen molar-refractivity contribution in [3.05, 3.63) is 28.2 Å². The summed E-state index contributed by atoms with van der Waals surface area (Å²) in [5, 5.41) is 12.6. The molecule has 16 heavy (non-hydrogen) atoms. The molecule has 4 N–H and O–H groups in total. The first-order valence-electron chi connectivity index (χ1n) is 4.65. The van der Waals surface area contributed by atoms with Crippen LogP contribution in [0.15, 0.2) is 18.2 Å². The van der Waals surface area contributed by atoms with Gasteiger partial charge in [-0.1, -0.05) is 23.2 Å². The molecule has 1 aromatic rings. The highest BCUT2D eigenvalue weighted by atomic mass is 35.5. The molecule has 1 rings (SSSR count). The van der Waals surface area contributed by atoms with Gasteiger partial charge in [0.2, 0.25) is 0 Å². The standard InChI is InChI=1S/C10H12Cl2N2O2/c11-6-1-2-8(12)9(3-6)14-5-7(13)4-10(15)16/h1-3,7,14H,4-5,13H2,(H,15,16). The Morgan fingerprint density at radius 1 is 1.50 bits per heavy atom. The van der Waals surface area contributed by atoms with Crippen LogP contribution < -0.4 is 11.1 Å². The molecule has 0 aliphatic carbocycles. The van der Waals surface area contributed by atoms with E-state index in [4.69, 9.17) is 34.0 Å². The highest BCUT2D eigenvalue weighted by Gasteiger charge is 2.08. The fourth-order valence-electron chi connectivity index (χ4n) is 1.17. The number of aliphatic carboxylic acids is 1. The zero-order valence-corrected chi connectivity index (χ0v) is 9.92. The molecule has 0 aliphatic rings. The van der Waals surface area contributed by atoms with Crippen molar-refractivity contribution in [1.82, 2.24) is 0 Å². The number of carboxylic acid groups (broad SMARTS) is 1. The quantitative estimate of drug-likeness (QED) is 0.761. The maximum atomic E-state index is 10.4. The molecule has 0 amide bonds. The number of hydrogen-bond acceptors (Lipinski definition) is 3. The Morgan fingerprint density at radius 3 is 2.81 bits per heavy atom. The van der Waals surface area contributed by atoms with Crippen molar-refractivity contribution in [2.75, 3.05) is 11.9 Å². The van der Waals surface area contributed by atoms with E-state index in [0.29, 0.717) is 22.3 Å². The van der Waals surface area contributed by atoms with Crippen LogP contribution in [0.1, 0.15) is 6.42 Å². The van der Waals surface area contributed by atoms with Gasteiger partial charge in [-0.3, -0.25) is 4.79 Å². The van der Waals surface area contributed by atoms with E-state index in [-0.39, 0.29) is 6.42 Å². The number of halogens is 2. The average molecular weight is 263 g/mol. The maximum absolute atomic E-state index is 10.4. The van der Waals surface area contributed by atoms with Crippen LogP contribution in [0.3, 0.4) is 0 Å². The molecule has 0 spiro atoms. The van der Waals surface area contributed by atoms with Gasteiger partial charge in [-0.2, -0.15) is 0 Å². The van der Waals surface area contributed by atoms with Crippen molar-refractivity contribution in [3.8, 4) is 0 Å². The summed E-state index contributed by atoms with van der Waals surface area (Å²) in [6.45, 7) is 0.326. The van der Waals surface area contributed by atoms with Gasteiger partial charge in [-0.15, -0.1) is 0 Å². The Kier molecular flexibility index (Phi) is 4.86. The lowest BCUT2D eigenvalue weighted by atomic mass is 10.2. The molecule has 4 nitrogen and oxygen atoms in total. The van der Waals surface area contributed by atoms with Gasteiger partial charge in [-0.05, 0) is 18.2 Å². The zero-order chi connectivity index (χ0) is 12.1. The van der Waals surface area contributed by atoms with Crippen molar-refractivity contribution >= 4 is 34.9 Å². The highest BCUT2D eigenvalue weighted by molar-refractivity contribution is 6.35. The minimum atomic E-state index is -0.925. The van der Waals surface area contributed by atoms with E-state index in [2.05, 4.69) is 5.32 Å². The van der Waals surface area contributed by atoms with E-state index in [1.54, 1.807) is 18.2 Å². The van der Waals surface area contributed by atoms with Crippen molar-refractivity contribution < 1.29 is 9.90 Å². The van der Waals surface area contributed by atoms with E-state index in [0.717, 1.165) is 0 Å². The van der Waals surface area contributed by atoms with Gasteiger partial charge in [0.25, 0.3) is 0 Å². The summed E-state index contributed by atoms with van der Waals surface area (Å²) in [6, 6.07) is 4.53. The molecule has 0 saturated carbocycles. The largest absolute Gasteiger partial charge is 0.481 e. The number of nitrogens with two attached hydrogens (primary N) is 1. The first-order chi connectivity index (χ1) is 7.49. The molecule has 0 aromatic heterocycles. The molecule has 0 heterocycles. The minimum Gasteiger partial charge on any atom is -0.481 e. The monoisotopic (exact) mass is 262 g/mol. The van der Waals surface area contributed by atoms with Gasteiger partial charge in [0.05, 0.1) is 17.1 Å². The number of benzene rings is 1. The first-order valence-corrected chi connectivity index (χ1v) is 5.41. The van der Waals surface area contributed by atoms with Crippen LogP contribution in [0.4, 0.5) is 5.69 Å². The lowest BCUT2D eigenvalue weighted by Crippen LogP contribution is -2.31. The van der Waals surface area contributed by atoms with Gasteiger partial charge in [-0.25, -0.2) is 0 Å². The number of nitrogens with one attached hydrogen (secondary N) is 1. The fraction of sp³-hybridized carbons (Fsp3) is 0.300. The predicted molar refractivity (Wildman–Crippen MR) is 65.2 cm³/mol. The zero-order valence-electron chi connectivity index (χ0n) is 8.41. The van der Waals surface area contributed by atoms with Crippen LogP contribution in [0.25, 0.3) is 0 Å². The van der Waals surface area contributed by atoms with Crippen molar-refractivity contribution in [1.29, 1.82) is 0 Å². The molecule has 1 aromatic carbocycles. The molecule has 0 bridgehead atoms. The number of carboxylic acids is 1. The smallest absolute Gasteiger partial charge is 0.304 e. The second-order valence-electron chi connectivity index (χ2n) is 3.36. The summed E-state index contributed by atoms with van der Waals surface area (Å²) in [5.41, 5.74) is 6.24. The Bertz CT molecular complexity index is 385. The molecular formula is C10H12Cl2N2O2. The van der Waals surface area contributed by atoms with E-state index >= 15 is 0 Å². The van der Waals surface area contributed by atoms with Crippen LogP contribution >= 0.6 is 23.2 Å². The molecular weight excluding hydrogens is 251 g/mol. The molecule has 6 heteroatoms. The third-order valence-electron chi connectivity index (χ3n) is 1.92. The SMILES string of the molecule is NC(CNc1cc(Cl)ccc1Cl)CC(=O)O. The van der Waals surface area contributed by atoms with E-state index < -0.39 is 12.0 Å². The molecule has 1 atom stereocenters. The Hall–Kier alpha value is -0.970. The topological polar surface area (TPSA) is 75.3 Å². The number of carbonyl (C=O) groups is 1. The van der Waals surface area contributed by atoms with Gasteiger partial charge in [0.1, 0.15) is 0 Å². The van der Waals surface area contributed by atoms with Gasteiger partial charge in [0, 0.05) is 17.6 Å². The molecule has 1 unspecified atom stereocenters. The average Bonchev–Trinajstić information content (AvgIpc) is 2.18. The Balaban J connectivity index is 2.54. The maximum Gasteiger partial charge on any atom is 0.304 e. The van der Waals surface area contributed by atoms with Crippen LogP contribution in [0.5, 0.6) is 0 Å². The number of rotatable bonds is 5. The molecule has 0 saturated heterocycles. The van der Waals surface area contributed by atoms with Crippen molar-refractivity contribution in [3.63, 3.8) is 0 Å². The third-order valence-corrected chi connectivity index (χ3v) is 2.48. The third kappa shape index (κ3) is 4.26. The lowest BCUT2D eigenvalue weighted by molar-refractivity contribution is -0.137. The second-order valence-corrected chi connectivity index (χ2v) is 4.21. The van der Waals surface area contributed by atoms with Gasteiger partial charge in [0.15, 0.2) is 0 Å². The number of anilines is 1. The summed E-state index contributed by atoms with van der Waals surface area (Å²) < 4.78 is 0. The molecule has 0 fully saturated rings. The summed E-state index contributed by atoms with van der Waals surface area (Å²) in [7, 11) is 0. The molecule has 88 valence electrons. The van der Waals surface area contributed by atoms with Gasteiger partial charge >= 0.3 is 5.97 Å². The van der Waals surface area contributed by atoms with Crippen LogP contribution in [-0.2, 0) is 4.79 Å². The predicted octanol–water partition coefficient (Wildman–Crippen LogP) is 2.21. The van der Waals surface area contributed by atoms with Crippen LogP contribution in [0, 0.1) is 0 Å². The van der Waals surface area contributed by atoms with Gasteiger partial charge < -0.3 is 16.2 Å². The Labute approximate surface area is 103 Å². The van der Waals surface area contributed by atoms with Crippen molar-refractivity contribution in [2.24, 2.45) is 5.73 Å². The minimum absolute atomic E-state index is 0.0921. The fourth-order valence-corrected chi connectivity index (χ4v) is 1.53. The second kappa shape index (κ2) is 5.94. The summed E-state index contributed by atoms with van der Waals surface area (Å²) >= 11 is 11.7. The van der Waals surface area contributed by atoms with Crippen molar-refractivity contribution in [2.45, 2.75) is 12.5 Å². The van der Waals surface area contributed by atoms with E-state index in [9.17, 15) is 4.79 Å². The summed E-state index contributed by atoms with van der Waals surface area (Å²) in [6.07, 6.45) is -0.0921. The Morgan fingerprint density at radius 2 is 2.19 bits per heavy atom. The normalized spacial score (nSPS) is 12.2. The summed E-state index contributed by atoms with van der Waals surface area (Å²) in [4.78, 5) is 10.4. The van der Waals surface area contributed by atoms with Crippen LogP contribution in [0.2, 0.25) is 10.0 Å². The number of hydrogen-bond donors (Lipinski definition) is 3. The highest BCUT2D eigenvalue weighted by Crippen LogP contribution is 2.25. The first kappa shape index (κ1) is 13.1. The summed E-state index contributed by atoms with van der Waals surface area (Å²) in [5.74, 6) is -0.925. The molecule has 0 aliphatic heterocycles. The van der Waals surface area contributed by atoms with Crippen LogP contribution in [-0.4, -0.2) is 23.7 Å². The lowest BCUT2D eigenvalue weighted by Gasteiger charge is -2.12. The molecule has 0 radical (unpaired) electrons. The van der Waals surface area contributed by atoms with E-state index in [1.807, 2.05) is 0 Å².